The number of hydrogen-bond acceptors (Lipinski definition) is 3. The molecule has 0 saturated heterocycles. The molecule has 6 heteroatoms. The summed E-state index contributed by atoms with van der Waals surface area (Å²) in [7, 11) is 0. The van der Waals surface area contributed by atoms with Crippen molar-refractivity contribution in [2.45, 2.75) is 26.4 Å². The third-order valence-corrected chi connectivity index (χ3v) is 3.26. The van der Waals surface area contributed by atoms with Crippen LogP contribution >= 0.6 is 0 Å². The first-order chi connectivity index (χ1) is 10.6. The molecule has 6 nitrogen and oxygen atoms in total. The quantitative estimate of drug-likeness (QED) is 0.861. The Bertz CT molecular complexity index is 595. The van der Waals surface area contributed by atoms with Crippen LogP contribution in [0, 0.1) is 0 Å². The van der Waals surface area contributed by atoms with Gasteiger partial charge in [-0.25, -0.2) is 4.79 Å². The second kappa shape index (κ2) is 7.61. The number of hydrogen-bond donors (Lipinski definition) is 2. The molecule has 0 atom stereocenters. The second-order valence-electron chi connectivity index (χ2n) is 5.36. The van der Waals surface area contributed by atoms with E-state index < -0.39 is 0 Å². The Kier molecular flexibility index (Phi) is 5.55. The molecule has 0 radical (unpaired) electrons. The van der Waals surface area contributed by atoms with Crippen LogP contribution in [0.3, 0.4) is 0 Å². The van der Waals surface area contributed by atoms with E-state index in [9.17, 15) is 4.79 Å². The number of rotatable bonds is 6. The molecular formula is C16H22N4O2. The maximum Gasteiger partial charge on any atom is 0.322 e. The summed E-state index contributed by atoms with van der Waals surface area (Å²) in [5.41, 5.74) is 1.67. The zero-order valence-electron chi connectivity index (χ0n) is 12.9. The smallest absolute Gasteiger partial charge is 0.322 e. The Balaban J connectivity index is 2.02. The molecule has 2 N–H and O–H groups in total. The van der Waals surface area contributed by atoms with Gasteiger partial charge in [-0.3, -0.25) is 4.68 Å². The Morgan fingerprint density at radius 3 is 2.68 bits per heavy atom. The van der Waals surface area contributed by atoms with E-state index >= 15 is 0 Å². The summed E-state index contributed by atoms with van der Waals surface area (Å²) in [6.07, 6.45) is 3.42. The van der Waals surface area contributed by atoms with Crippen molar-refractivity contribution in [2.75, 3.05) is 18.5 Å². The summed E-state index contributed by atoms with van der Waals surface area (Å²) < 4.78 is 1.78. The van der Waals surface area contributed by atoms with Crippen molar-refractivity contribution in [2.24, 2.45) is 0 Å². The number of anilines is 1. The van der Waals surface area contributed by atoms with Gasteiger partial charge in [-0.1, -0.05) is 30.3 Å². The molecule has 1 heterocycles. The molecule has 0 aliphatic carbocycles. The van der Waals surface area contributed by atoms with Crippen molar-refractivity contribution in [3.8, 4) is 0 Å². The van der Waals surface area contributed by atoms with Gasteiger partial charge in [-0.15, -0.1) is 0 Å². The third kappa shape index (κ3) is 4.33. The molecule has 2 rings (SSSR count). The van der Waals surface area contributed by atoms with Crippen LogP contribution in [0.1, 0.15) is 25.5 Å². The van der Waals surface area contributed by atoms with Crippen LogP contribution in [0.15, 0.2) is 42.7 Å². The molecule has 2 aromatic rings. The number of carbonyl (C=O) groups excluding carboxylic acids is 1. The minimum Gasteiger partial charge on any atom is -0.395 e. The predicted molar refractivity (Wildman–Crippen MR) is 85.6 cm³/mol. The van der Waals surface area contributed by atoms with Crippen LogP contribution < -0.4 is 5.32 Å². The number of aliphatic hydroxyl groups excluding tert-OH is 1. The van der Waals surface area contributed by atoms with Crippen LogP contribution in [0.4, 0.5) is 10.5 Å². The number of amides is 2. The average molecular weight is 302 g/mol. The molecule has 22 heavy (non-hydrogen) atoms. The summed E-state index contributed by atoms with van der Waals surface area (Å²) in [5, 5.41) is 16.2. The van der Waals surface area contributed by atoms with Gasteiger partial charge in [-0.2, -0.15) is 5.10 Å². The molecule has 0 fully saturated rings. The first kappa shape index (κ1) is 16.0. The van der Waals surface area contributed by atoms with Crippen molar-refractivity contribution in [1.29, 1.82) is 0 Å². The molecule has 0 aliphatic heterocycles. The molecule has 118 valence electrons. The van der Waals surface area contributed by atoms with Crippen LogP contribution in [0.5, 0.6) is 0 Å². The number of benzene rings is 1. The van der Waals surface area contributed by atoms with Crippen LogP contribution in [0.2, 0.25) is 0 Å². The van der Waals surface area contributed by atoms with E-state index in [1.54, 1.807) is 22.0 Å². The second-order valence-corrected chi connectivity index (χ2v) is 5.36. The van der Waals surface area contributed by atoms with E-state index in [0.717, 1.165) is 5.56 Å². The maximum absolute atomic E-state index is 12.4. The molecule has 1 aromatic heterocycles. The molecule has 0 saturated carbocycles. The number of carbonyl (C=O) groups is 1. The van der Waals surface area contributed by atoms with Crippen molar-refractivity contribution in [1.82, 2.24) is 14.7 Å². The van der Waals surface area contributed by atoms with Gasteiger partial charge in [0, 0.05) is 25.3 Å². The number of aliphatic hydroxyl groups is 1. The van der Waals surface area contributed by atoms with E-state index in [0.29, 0.717) is 12.2 Å². The summed E-state index contributed by atoms with van der Waals surface area (Å²) >= 11 is 0. The molecule has 0 bridgehead atoms. The van der Waals surface area contributed by atoms with E-state index in [4.69, 9.17) is 5.11 Å². The fraction of sp³-hybridized carbons (Fsp3) is 0.375. The minimum absolute atomic E-state index is 0.0779. The predicted octanol–water partition coefficient (Wildman–Crippen LogP) is 2.49. The molecule has 0 unspecified atom stereocenters. The third-order valence-electron chi connectivity index (χ3n) is 3.26. The van der Waals surface area contributed by atoms with Gasteiger partial charge in [0.15, 0.2) is 0 Å². The van der Waals surface area contributed by atoms with Gasteiger partial charge in [0.25, 0.3) is 0 Å². The lowest BCUT2D eigenvalue weighted by atomic mass is 10.2. The van der Waals surface area contributed by atoms with Crippen molar-refractivity contribution in [3.63, 3.8) is 0 Å². The minimum atomic E-state index is -0.249. The highest BCUT2D eigenvalue weighted by Crippen LogP contribution is 2.12. The van der Waals surface area contributed by atoms with Crippen molar-refractivity contribution >= 4 is 11.7 Å². The number of nitrogens with zero attached hydrogens (tertiary/aromatic N) is 3. The van der Waals surface area contributed by atoms with E-state index in [-0.39, 0.29) is 25.2 Å². The Labute approximate surface area is 130 Å². The molecule has 0 spiro atoms. The average Bonchev–Trinajstić information content (AvgIpc) is 2.96. The lowest BCUT2D eigenvalue weighted by Gasteiger charge is -2.22. The van der Waals surface area contributed by atoms with Gasteiger partial charge < -0.3 is 15.3 Å². The number of urea groups is 1. The van der Waals surface area contributed by atoms with Crippen LogP contribution in [-0.2, 0) is 6.54 Å². The largest absolute Gasteiger partial charge is 0.395 e. The first-order valence-electron chi connectivity index (χ1n) is 7.35. The van der Waals surface area contributed by atoms with Gasteiger partial charge in [-0.05, 0) is 19.4 Å². The molecule has 1 aromatic carbocycles. The van der Waals surface area contributed by atoms with Crippen molar-refractivity contribution in [3.05, 3.63) is 48.3 Å². The summed E-state index contributed by atoms with van der Waals surface area (Å²) in [6.45, 7) is 4.69. The van der Waals surface area contributed by atoms with Gasteiger partial charge >= 0.3 is 6.03 Å². The molecular weight excluding hydrogens is 280 g/mol. The highest BCUT2D eigenvalue weighted by Gasteiger charge is 2.14. The fourth-order valence-corrected chi connectivity index (χ4v) is 2.06. The van der Waals surface area contributed by atoms with Crippen LogP contribution in [0.25, 0.3) is 0 Å². The topological polar surface area (TPSA) is 70.4 Å². The molecule has 2 amide bonds. The maximum atomic E-state index is 12.4. The van der Waals surface area contributed by atoms with Crippen LogP contribution in [-0.4, -0.2) is 39.0 Å². The Morgan fingerprint density at radius 1 is 1.36 bits per heavy atom. The van der Waals surface area contributed by atoms with Gasteiger partial charge in [0.2, 0.25) is 0 Å². The zero-order chi connectivity index (χ0) is 15.9. The number of aromatic nitrogens is 2. The highest BCUT2D eigenvalue weighted by molar-refractivity contribution is 5.89. The molecule has 0 aliphatic rings. The monoisotopic (exact) mass is 302 g/mol. The zero-order valence-corrected chi connectivity index (χ0v) is 12.9. The van der Waals surface area contributed by atoms with Gasteiger partial charge in [0.1, 0.15) is 0 Å². The standard InChI is InChI=1S/C16H22N4O2/c1-13(2)20-12-15(10-17-20)18-16(22)19(8-9-21)11-14-6-4-3-5-7-14/h3-7,10,12-13,21H,8-9,11H2,1-2H3,(H,18,22). The summed E-state index contributed by atoms with van der Waals surface area (Å²) in [4.78, 5) is 13.9. The summed E-state index contributed by atoms with van der Waals surface area (Å²) in [6, 6.07) is 9.68. The number of nitrogens with one attached hydrogen (secondary N) is 1. The normalized spacial score (nSPS) is 10.7. The van der Waals surface area contributed by atoms with E-state index in [1.807, 2.05) is 44.2 Å². The lowest BCUT2D eigenvalue weighted by molar-refractivity contribution is 0.185. The Hall–Kier alpha value is -2.34. The fourth-order valence-electron chi connectivity index (χ4n) is 2.06. The lowest BCUT2D eigenvalue weighted by Crippen LogP contribution is -2.36. The highest BCUT2D eigenvalue weighted by atomic mass is 16.3. The first-order valence-corrected chi connectivity index (χ1v) is 7.35. The van der Waals surface area contributed by atoms with E-state index in [2.05, 4.69) is 10.4 Å². The van der Waals surface area contributed by atoms with Crippen molar-refractivity contribution < 1.29 is 9.90 Å². The van der Waals surface area contributed by atoms with E-state index in [1.165, 1.54) is 0 Å². The Morgan fingerprint density at radius 2 is 2.09 bits per heavy atom. The SMILES string of the molecule is CC(C)n1cc(NC(=O)N(CCO)Cc2ccccc2)cn1. The summed E-state index contributed by atoms with van der Waals surface area (Å²) in [5.74, 6) is 0. The van der Waals surface area contributed by atoms with Gasteiger partial charge in [0.05, 0.1) is 18.5 Å².